The Kier molecular flexibility index (Phi) is 5.16. The predicted molar refractivity (Wildman–Crippen MR) is 66.6 cm³/mol. The third-order valence-electron chi connectivity index (χ3n) is 2.12. The molecule has 0 saturated carbocycles. The third-order valence-corrected chi connectivity index (χ3v) is 2.12. The predicted octanol–water partition coefficient (Wildman–Crippen LogP) is 2.14. The molecule has 5 heteroatoms. The normalized spacial score (nSPS) is 11.0. The van der Waals surface area contributed by atoms with Gasteiger partial charge in [-0.05, 0) is 37.9 Å². The fourth-order valence-corrected chi connectivity index (χ4v) is 1.14. The molecule has 0 saturated heterocycles. The van der Waals surface area contributed by atoms with E-state index < -0.39 is 4.92 Å². The monoisotopic (exact) mass is 236 g/mol. The first kappa shape index (κ1) is 13.2. The van der Waals surface area contributed by atoms with Gasteiger partial charge in [0.05, 0.1) is 17.8 Å². The molecule has 0 N–H and O–H groups in total. The van der Waals surface area contributed by atoms with Crippen LogP contribution in [0, 0.1) is 10.1 Å². The summed E-state index contributed by atoms with van der Waals surface area (Å²) < 4.78 is 5.27. The van der Waals surface area contributed by atoms with Crippen molar-refractivity contribution in [1.82, 2.24) is 4.90 Å². The summed E-state index contributed by atoms with van der Waals surface area (Å²) in [6, 6.07) is 6.31. The van der Waals surface area contributed by atoms with Crippen LogP contribution >= 0.6 is 0 Å². The van der Waals surface area contributed by atoms with Crippen LogP contribution in [0.25, 0.3) is 6.08 Å². The number of nitro benzene ring substituents is 1. The highest BCUT2D eigenvalue weighted by Gasteiger charge is 2.01. The summed E-state index contributed by atoms with van der Waals surface area (Å²) in [5, 5.41) is 10.4. The fourth-order valence-electron chi connectivity index (χ4n) is 1.14. The Balaban J connectivity index is 2.41. The Morgan fingerprint density at radius 2 is 2.00 bits per heavy atom. The van der Waals surface area contributed by atoms with Crippen molar-refractivity contribution in [2.24, 2.45) is 0 Å². The number of nitrogens with zero attached hydrogens (tertiary/aromatic N) is 2. The number of hydrogen-bond acceptors (Lipinski definition) is 4. The molecule has 0 aliphatic rings. The van der Waals surface area contributed by atoms with E-state index in [2.05, 4.69) is 0 Å². The number of likely N-dealkylation sites (N-methyl/N-ethyl adjacent to an activating group) is 1. The van der Waals surface area contributed by atoms with Crippen molar-refractivity contribution < 1.29 is 9.66 Å². The number of hydrogen-bond donors (Lipinski definition) is 0. The highest BCUT2D eigenvalue weighted by Crippen LogP contribution is 2.12. The second kappa shape index (κ2) is 6.65. The van der Waals surface area contributed by atoms with Gasteiger partial charge in [0, 0.05) is 18.7 Å². The van der Waals surface area contributed by atoms with Gasteiger partial charge in [0.2, 0.25) is 0 Å². The number of nitro groups is 1. The number of rotatable bonds is 6. The van der Waals surface area contributed by atoms with Gasteiger partial charge in [0.1, 0.15) is 0 Å². The molecule has 0 unspecified atom stereocenters. The molecule has 0 radical (unpaired) electrons. The van der Waals surface area contributed by atoms with Gasteiger partial charge < -0.3 is 9.64 Å². The molecular weight excluding hydrogens is 220 g/mol. The van der Waals surface area contributed by atoms with Crippen molar-refractivity contribution in [3.63, 3.8) is 0 Å². The van der Waals surface area contributed by atoms with E-state index in [1.807, 2.05) is 19.0 Å². The largest absolute Gasteiger partial charge is 0.500 e. The zero-order valence-corrected chi connectivity index (χ0v) is 10.00. The standard InChI is InChI=1S/C12H16N2O3/c1-13(2)8-10-17-9-7-11-3-5-12(6-4-11)14(15)16/h3-7,9H,8,10H2,1-2H3/b9-7-. The number of benzene rings is 1. The van der Waals surface area contributed by atoms with E-state index in [1.54, 1.807) is 24.5 Å². The van der Waals surface area contributed by atoms with Gasteiger partial charge in [-0.1, -0.05) is 0 Å². The molecule has 0 bridgehead atoms. The van der Waals surface area contributed by atoms with Crippen LogP contribution in [-0.4, -0.2) is 37.1 Å². The van der Waals surface area contributed by atoms with Gasteiger partial charge in [-0.2, -0.15) is 0 Å². The van der Waals surface area contributed by atoms with Crippen molar-refractivity contribution in [3.8, 4) is 0 Å². The second-order valence-corrected chi connectivity index (χ2v) is 3.83. The van der Waals surface area contributed by atoms with Crippen molar-refractivity contribution in [2.45, 2.75) is 0 Å². The summed E-state index contributed by atoms with van der Waals surface area (Å²) >= 11 is 0. The van der Waals surface area contributed by atoms with E-state index >= 15 is 0 Å². The summed E-state index contributed by atoms with van der Waals surface area (Å²) in [5.41, 5.74) is 0.969. The quantitative estimate of drug-likeness (QED) is 0.328. The van der Waals surface area contributed by atoms with Crippen molar-refractivity contribution >= 4 is 11.8 Å². The summed E-state index contributed by atoms with van der Waals surface area (Å²) in [7, 11) is 3.95. The molecule has 1 aromatic carbocycles. The molecule has 1 rings (SSSR count). The SMILES string of the molecule is CN(C)CCO/C=C\c1ccc([N+](=O)[O-])cc1. The molecule has 5 nitrogen and oxygen atoms in total. The first-order chi connectivity index (χ1) is 8.09. The van der Waals surface area contributed by atoms with Gasteiger partial charge >= 0.3 is 0 Å². The minimum atomic E-state index is -0.416. The van der Waals surface area contributed by atoms with Crippen LogP contribution in [0.5, 0.6) is 0 Å². The molecule has 92 valence electrons. The van der Waals surface area contributed by atoms with Crippen LogP contribution in [0.2, 0.25) is 0 Å². The lowest BCUT2D eigenvalue weighted by molar-refractivity contribution is -0.384. The molecule has 1 aromatic rings. The van der Waals surface area contributed by atoms with E-state index in [0.717, 1.165) is 12.1 Å². The second-order valence-electron chi connectivity index (χ2n) is 3.83. The van der Waals surface area contributed by atoms with Crippen molar-refractivity contribution in [1.29, 1.82) is 0 Å². The Labute approximate surface area is 100 Å². The van der Waals surface area contributed by atoms with Gasteiger partial charge in [-0.15, -0.1) is 0 Å². The summed E-state index contributed by atoms with van der Waals surface area (Å²) in [6.07, 6.45) is 3.38. The maximum atomic E-state index is 10.4. The number of ether oxygens (including phenoxy) is 1. The van der Waals surface area contributed by atoms with Crippen LogP contribution in [0.3, 0.4) is 0 Å². The van der Waals surface area contributed by atoms with Crippen LogP contribution < -0.4 is 0 Å². The lowest BCUT2D eigenvalue weighted by Gasteiger charge is -2.07. The zero-order valence-electron chi connectivity index (χ0n) is 10.00. The Morgan fingerprint density at radius 1 is 1.35 bits per heavy atom. The topological polar surface area (TPSA) is 55.6 Å². The maximum Gasteiger partial charge on any atom is 0.269 e. The van der Waals surface area contributed by atoms with Crippen molar-refractivity contribution in [2.75, 3.05) is 27.2 Å². The molecule has 0 fully saturated rings. The van der Waals surface area contributed by atoms with E-state index in [9.17, 15) is 10.1 Å². The van der Waals surface area contributed by atoms with Crippen LogP contribution in [0.1, 0.15) is 5.56 Å². The molecule has 0 atom stereocenters. The minimum Gasteiger partial charge on any atom is -0.500 e. The van der Waals surface area contributed by atoms with E-state index in [4.69, 9.17) is 4.74 Å². The van der Waals surface area contributed by atoms with Crippen molar-refractivity contribution in [3.05, 3.63) is 46.2 Å². The lowest BCUT2D eigenvalue weighted by Crippen LogP contribution is -2.16. The fraction of sp³-hybridized carbons (Fsp3) is 0.333. The van der Waals surface area contributed by atoms with Gasteiger partial charge in [-0.3, -0.25) is 10.1 Å². The first-order valence-electron chi connectivity index (χ1n) is 5.27. The molecular formula is C12H16N2O3. The van der Waals surface area contributed by atoms with Crippen LogP contribution in [0.15, 0.2) is 30.5 Å². The summed E-state index contributed by atoms with van der Waals surface area (Å²) in [5.74, 6) is 0. The van der Waals surface area contributed by atoms with Crippen LogP contribution in [-0.2, 0) is 4.74 Å². The molecule has 0 aromatic heterocycles. The number of non-ortho nitro benzene ring substituents is 1. The van der Waals surface area contributed by atoms with Gasteiger partial charge in [-0.25, -0.2) is 0 Å². The Bertz CT molecular complexity index is 385. The average Bonchev–Trinajstić information content (AvgIpc) is 2.29. The minimum absolute atomic E-state index is 0.0932. The molecule has 0 heterocycles. The molecule has 0 aliphatic carbocycles. The smallest absolute Gasteiger partial charge is 0.269 e. The zero-order chi connectivity index (χ0) is 12.7. The highest BCUT2D eigenvalue weighted by molar-refractivity contribution is 5.50. The first-order valence-corrected chi connectivity index (χ1v) is 5.27. The summed E-state index contributed by atoms with van der Waals surface area (Å²) in [6.45, 7) is 1.47. The molecule has 0 spiro atoms. The van der Waals surface area contributed by atoms with Gasteiger partial charge in [0.15, 0.2) is 0 Å². The van der Waals surface area contributed by atoms with E-state index in [-0.39, 0.29) is 5.69 Å². The summed E-state index contributed by atoms with van der Waals surface area (Å²) in [4.78, 5) is 12.0. The maximum absolute atomic E-state index is 10.4. The van der Waals surface area contributed by atoms with E-state index in [0.29, 0.717) is 6.61 Å². The van der Waals surface area contributed by atoms with Gasteiger partial charge in [0.25, 0.3) is 5.69 Å². The Hall–Kier alpha value is -1.88. The lowest BCUT2D eigenvalue weighted by atomic mass is 10.2. The average molecular weight is 236 g/mol. The van der Waals surface area contributed by atoms with E-state index in [1.165, 1.54) is 12.1 Å². The van der Waals surface area contributed by atoms with Crippen LogP contribution in [0.4, 0.5) is 5.69 Å². The third kappa shape index (κ3) is 5.12. The Morgan fingerprint density at radius 3 is 2.53 bits per heavy atom. The molecule has 0 aliphatic heterocycles. The molecule has 0 amide bonds. The highest BCUT2D eigenvalue weighted by atomic mass is 16.6. The molecule has 17 heavy (non-hydrogen) atoms.